The smallest absolute Gasteiger partial charge is 0.122 e. The van der Waals surface area contributed by atoms with Crippen molar-refractivity contribution in [2.24, 2.45) is 0 Å². The maximum atomic E-state index is 10.0. The largest absolute Gasteiger partial charge is 0.507 e. The van der Waals surface area contributed by atoms with Gasteiger partial charge in [0.25, 0.3) is 0 Å². The molecule has 0 aliphatic carbocycles. The van der Waals surface area contributed by atoms with Gasteiger partial charge in [-0.1, -0.05) is 19.9 Å². The Morgan fingerprint density at radius 2 is 1.79 bits per heavy atom. The third-order valence-corrected chi connectivity index (χ3v) is 3.16. The number of phenolic OH excluding ortho intramolecular Hbond substituents is 1. The fourth-order valence-corrected chi connectivity index (χ4v) is 1.91. The fraction of sp³-hybridized carbons (Fsp3) is 0.538. The topological polar surface area (TPSA) is 20.2 Å². The third-order valence-electron chi connectivity index (χ3n) is 3.16. The second kappa shape index (κ2) is 4.04. The lowest BCUT2D eigenvalue weighted by Crippen LogP contribution is -1.99. The molecule has 0 heterocycles. The van der Waals surface area contributed by atoms with Crippen LogP contribution >= 0.6 is 0 Å². The van der Waals surface area contributed by atoms with Gasteiger partial charge in [-0.15, -0.1) is 0 Å². The van der Waals surface area contributed by atoms with Gasteiger partial charge in [-0.2, -0.15) is 0 Å². The molecule has 0 aromatic heterocycles. The summed E-state index contributed by atoms with van der Waals surface area (Å²) in [6.07, 6.45) is 1.07. The Labute approximate surface area is 86.8 Å². The molecule has 1 heteroatoms. The average molecular weight is 192 g/mol. The van der Waals surface area contributed by atoms with E-state index in [0.717, 1.165) is 17.5 Å². The van der Waals surface area contributed by atoms with Crippen molar-refractivity contribution >= 4 is 0 Å². The Bertz CT molecular complexity index is 313. The summed E-state index contributed by atoms with van der Waals surface area (Å²) >= 11 is 0. The minimum atomic E-state index is 0.439. The Morgan fingerprint density at radius 3 is 2.29 bits per heavy atom. The van der Waals surface area contributed by atoms with Crippen LogP contribution < -0.4 is 0 Å². The molecule has 1 atom stereocenters. The molecule has 0 aliphatic rings. The van der Waals surface area contributed by atoms with Gasteiger partial charge in [0, 0.05) is 5.56 Å². The van der Waals surface area contributed by atoms with Crippen molar-refractivity contribution in [1.29, 1.82) is 0 Å². The molecule has 0 amide bonds. The predicted octanol–water partition coefficient (Wildman–Crippen LogP) is 3.83. The zero-order chi connectivity index (χ0) is 10.9. The van der Waals surface area contributed by atoms with Crippen LogP contribution in [0.5, 0.6) is 5.75 Å². The first-order chi connectivity index (χ1) is 6.49. The molecule has 1 nitrogen and oxygen atoms in total. The summed E-state index contributed by atoms with van der Waals surface area (Å²) in [5.74, 6) is 0.927. The molecular weight excluding hydrogens is 172 g/mol. The molecule has 14 heavy (non-hydrogen) atoms. The van der Waals surface area contributed by atoms with E-state index < -0.39 is 0 Å². The van der Waals surface area contributed by atoms with Gasteiger partial charge in [0.2, 0.25) is 0 Å². The Morgan fingerprint density at radius 1 is 1.21 bits per heavy atom. The molecule has 0 saturated heterocycles. The molecule has 1 rings (SSSR count). The van der Waals surface area contributed by atoms with Crippen LogP contribution in [0.2, 0.25) is 0 Å². The second-order valence-corrected chi connectivity index (χ2v) is 4.21. The second-order valence-electron chi connectivity index (χ2n) is 4.21. The molecule has 1 unspecified atom stereocenters. The lowest BCUT2D eigenvalue weighted by atomic mass is 9.89. The molecule has 1 N–H and O–H groups in total. The van der Waals surface area contributed by atoms with Gasteiger partial charge >= 0.3 is 0 Å². The zero-order valence-electron chi connectivity index (χ0n) is 9.81. The summed E-state index contributed by atoms with van der Waals surface area (Å²) < 4.78 is 0. The van der Waals surface area contributed by atoms with E-state index in [4.69, 9.17) is 0 Å². The average Bonchev–Trinajstić information content (AvgIpc) is 2.15. The highest BCUT2D eigenvalue weighted by molar-refractivity contribution is 5.50. The van der Waals surface area contributed by atoms with Gasteiger partial charge < -0.3 is 5.11 Å². The quantitative estimate of drug-likeness (QED) is 0.755. The van der Waals surface area contributed by atoms with Crippen LogP contribution in [0.1, 0.15) is 48.4 Å². The van der Waals surface area contributed by atoms with Crippen LogP contribution in [0.15, 0.2) is 6.07 Å². The first-order valence-electron chi connectivity index (χ1n) is 5.28. The van der Waals surface area contributed by atoms with Crippen LogP contribution in [0, 0.1) is 20.8 Å². The van der Waals surface area contributed by atoms with Crippen molar-refractivity contribution in [1.82, 2.24) is 0 Å². The molecule has 78 valence electrons. The Kier molecular flexibility index (Phi) is 3.20. The van der Waals surface area contributed by atoms with Crippen LogP contribution in [0.3, 0.4) is 0 Å². The molecule has 0 bridgehead atoms. The summed E-state index contributed by atoms with van der Waals surface area (Å²) in [7, 11) is 0. The molecule has 0 aliphatic heterocycles. The molecule has 0 radical (unpaired) electrons. The van der Waals surface area contributed by atoms with Gasteiger partial charge in [0.1, 0.15) is 5.75 Å². The highest BCUT2D eigenvalue weighted by Crippen LogP contribution is 2.35. The first-order valence-corrected chi connectivity index (χ1v) is 5.28. The monoisotopic (exact) mass is 192 g/mol. The van der Waals surface area contributed by atoms with E-state index in [2.05, 4.69) is 33.8 Å². The standard InChI is InChI=1S/C13H20O/c1-6-8(2)12-11(5)9(3)7-10(4)13(12)14/h7-8,14H,6H2,1-5H3. The van der Waals surface area contributed by atoms with Crippen molar-refractivity contribution in [3.8, 4) is 5.75 Å². The number of hydrogen-bond acceptors (Lipinski definition) is 1. The zero-order valence-corrected chi connectivity index (χ0v) is 9.81. The summed E-state index contributed by atoms with van der Waals surface area (Å²) in [6, 6.07) is 2.05. The van der Waals surface area contributed by atoms with Gasteiger partial charge in [-0.3, -0.25) is 0 Å². The molecule has 0 saturated carbocycles. The summed E-state index contributed by atoms with van der Waals surface area (Å²) in [6.45, 7) is 10.5. The normalized spacial score (nSPS) is 12.9. The molecule has 0 spiro atoms. The van der Waals surface area contributed by atoms with E-state index >= 15 is 0 Å². The van der Waals surface area contributed by atoms with Crippen LogP contribution in [0.25, 0.3) is 0 Å². The van der Waals surface area contributed by atoms with E-state index in [-0.39, 0.29) is 0 Å². The van der Waals surface area contributed by atoms with Crippen molar-refractivity contribution in [2.75, 3.05) is 0 Å². The maximum Gasteiger partial charge on any atom is 0.122 e. The lowest BCUT2D eigenvalue weighted by molar-refractivity contribution is 0.456. The minimum absolute atomic E-state index is 0.439. The van der Waals surface area contributed by atoms with Crippen LogP contribution in [-0.4, -0.2) is 5.11 Å². The lowest BCUT2D eigenvalue weighted by Gasteiger charge is -2.18. The summed E-state index contributed by atoms with van der Waals surface area (Å²) in [5.41, 5.74) is 4.63. The van der Waals surface area contributed by atoms with Gasteiger partial charge in [0.05, 0.1) is 0 Å². The van der Waals surface area contributed by atoms with Gasteiger partial charge in [0.15, 0.2) is 0 Å². The predicted molar refractivity (Wildman–Crippen MR) is 61.0 cm³/mol. The van der Waals surface area contributed by atoms with E-state index in [1.807, 2.05) is 6.92 Å². The van der Waals surface area contributed by atoms with Crippen LogP contribution in [-0.2, 0) is 0 Å². The van der Waals surface area contributed by atoms with E-state index in [0.29, 0.717) is 11.7 Å². The van der Waals surface area contributed by atoms with Gasteiger partial charge in [-0.05, 0) is 49.8 Å². The number of phenols is 1. The van der Waals surface area contributed by atoms with E-state index in [9.17, 15) is 5.11 Å². The number of aryl methyl sites for hydroxylation is 2. The fourth-order valence-electron chi connectivity index (χ4n) is 1.91. The highest BCUT2D eigenvalue weighted by atomic mass is 16.3. The van der Waals surface area contributed by atoms with Crippen molar-refractivity contribution in [2.45, 2.75) is 47.0 Å². The Hall–Kier alpha value is -0.980. The first kappa shape index (κ1) is 11.1. The number of rotatable bonds is 2. The van der Waals surface area contributed by atoms with E-state index in [1.165, 1.54) is 11.1 Å². The summed E-state index contributed by atoms with van der Waals surface area (Å²) in [5, 5.41) is 10.0. The van der Waals surface area contributed by atoms with E-state index in [1.54, 1.807) is 0 Å². The summed E-state index contributed by atoms with van der Waals surface area (Å²) in [4.78, 5) is 0. The Balaban J connectivity index is 3.39. The molecule has 1 aromatic rings. The van der Waals surface area contributed by atoms with Crippen molar-refractivity contribution < 1.29 is 5.11 Å². The molecular formula is C13H20O. The molecule has 0 fully saturated rings. The minimum Gasteiger partial charge on any atom is -0.507 e. The van der Waals surface area contributed by atoms with Crippen LogP contribution in [0.4, 0.5) is 0 Å². The van der Waals surface area contributed by atoms with Crippen molar-refractivity contribution in [3.63, 3.8) is 0 Å². The maximum absolute atomic E-state index is 10.0. The number of hydrogen-bond donors (Lipinski definition) is 1. The van der Waals surface area contributed by atoms with Gasteiger partial charge in [-0.25, -0.2) is 0 Å². The SMILES string of the molecule is CCC(C)c1c(C)c(C)cc(C)c1O. The van der Waals surface area contributed by atoms with Crippen molar-refractivity contribution in [3.05, 3.63) is 28.3 Å². The number of aromatic hydroxyl groups is 1. The highest BCUT2D eigenvalue weighted by Gasteiger charge is 2.15. The third kappa shape index (κ3) is 1.77. The molecule has 1 aromatic carbocycles. The number of benzene rings is 1.